The third kappa shape index (κ3) is 5.11. The van der Waals surface area contributed by atoms with Gasteiger partial charge in [-0.3, -0.25) is 9.59 Å². The lowest BCUT2D eigenvalue weighted by Gasteiger charge is -2.33. The van der Waals surface area contributed by atoms with Gasteiger partial charge < -0.3 is 16.0 Å². The average molecular weight is 405 g/mol. The SMILES string of the molecule is CC(C)C(=O)N1CCC(NC(=O)c2ccc(Br)cc2N)CC1.Cl. The minimum Gasteiger partial charge on any atom is -0.398 e. The Morgan fingerprint density at radius 1 is 1.30 bits per heavy atom. The number of halogens is 2. The van der Waals surface area contributed by atoms with Gasteiger partial charge in [0.2, 0.25) is 5.91 Å². The van der Waals surface area contributed by atoms with Gasteiger partial charge in [-0.1, -0.05) is 29.8 Å². The quantitative estimate of drug-likeness (QED) is 0.761. The summed E-state index contributed by atoms with van der Waals surface area (Å²) in [5, 5.41) is 3.01. The van der Waals surface area contributed by atoms with Gasteiger partial charge >= 0.3 is 0 Å². The summed E-state index contributed by atoms with van der Waals surface area (Å²) in [7, 11) is 0. The van der Waals surface area contributed by atoms with Crippen LogP contribution in [-0.2, 0) is 4.79 Å². The van der Waals surface area contributed by atoms with Crippen molar-refractivity contribution in [3.63, 3.8) is 0 Å². The highest BCUT2D eigenvalue weighted by Gasteiger charge is 2.25. The summed E-state index contributed by atoms with van der Waals surface area (Å²) in [5.41, 5.74) is 6.83. The van der Waals surface area contributed by atoms with Gasteiger partial charge in [0.1, 0.15) is 0 Å². The van der Waals surface area contributed by atoms with Crippen LogP contribution in [0.2, 0.25) is 0 Å². The van der Waals surface area contributed by atoms with Crippen LogP contribution in [0.25, 0.3) is 0 Å². The fraction of sp³-hybridized carbons (Fsp3) is 0.500. The van der Waals surface area contributed by atoms with Gasteiger partial charge in [0.05, 0.1) is 5.56 Å². The summed E-state index contributed by atoms with van der Waals surface area (Å²) < 4.78 is 0.849. The zero-order valence-electron chi connectivity index (χ0n) is 13.3. The Labute approximate surface area is 151 Å². The van der Waals surface area contributed by atoms with E-state index in [0.29, 0.717) is 24.3 Å². The van der Waals surface area contributed by atoms with E-state index in [0.717, 1.165) is 17.3 Å². The smallest absolute Gasteiger partial charge is 0.253 e. The molecule has 1 aliphatic heterocycles. The lowest BCUT2D eigenvalue weighted by Crippen LogP contribution is -2.47. The van der Waals surface area contributed by atoms with Crippen molar-refractivity contribution in [2.24, 2.45) is 5.92 Å². The van der Waals surface area contributed by atoms with Crippen molar-refractivity contribution < 1.29 is 9.59 Å². The fourth-order valence-electron chi connectivity index (χ4n) is 2.61. The molecule has 0 spiro atoms. The number of nitrogens with one attached hydrogen (secondary N) is 1. The van der Waals surface area contributed by atoms with Crippen LogP contribution in [0, 0.1) is 5.92 Å². The molecule has 128 valence electrons. The van der Waals surface area contributed by atoms with E-state index in [2.05, 4.69) is 21.2 Å². The molecule has 0 bridgehead atoms. The molecule has 1 aromatic rings. The monoisotopic (exact) mass is 403 g/mol. The molecule has 3 N–H and O–H groups in total. The predicted octanol–water partition coefficient (Wildman–Crippen LogP) is 2.83. The summed E-state index contributed by atoms with van der Waals surface area (Å²) in [6.07, 6.45) is 1.56. The van der Waals surface area contributed by atoms with E-state index in [1.165, 1.54) is 0 Å². The van der Waals surface area contributed by atoms with Gasteiger partial charge in [-0.2, -0.15) is 0 Å². The first kappa shape index (κ1) is 19.8. The van der Waals surface area contributed by atoms with E-state index in [4.69, 9.17) is 5.73 Å². The van der Waals surface area contributed by atoms with Crippen molar-refractivity contribution in [2.45, 2.75) is 32.7 Å². The highest BCUT2D eigenvalue weighted by molar-refractivity contribution is 9.10. The van der Waals surface area contributed by atoms with Gasteiger partial charge in [-0.25, -0.2) is 0 Å². The Balaban J connectivity index is 0.00000264. The molecule has 7 heteroatoms. The second kappa shape index (κ2) is 8.55. The number of carbonyl (C=O) groups is 2. The van der Waals surface area contributed by atoms with Crippen LogP contribution < -0.4 is 11.1 Å². The number of anilines is 1. The minimum atomic E-state index is -0.154. The molecule has 1 heterocycles. The van der Waals surface area contributed by atoms with E-state index in [1.54, 1.807) is 18.2 Å². The summed E-state index contributed by atoms with van der Waals surface area (Å²) >= 11 is 3.33. The topological polar surface area (TPSA) is 75.4 Å². The van der Waals surface area contributed by atoms with Crippen LogP contribution >= 0.6 is 28.3 Å². The second-order valence-corrected chi connectivity index (χ2v) is 6.87. The Kier molecular flexibility index (Phi) is 7.35. The van der Waals surface area contributed by atoms with Gasteiger partial charge in [0, 0.05) is 35.2 Å². The largest absolute Gasteiger partial charge is 0.398 e. The molecule has 0 aliphatic carbocycles. The van der Waals surface area contributed by atoms with E-state index < -0.39 is 0 Å². The molecular weight excluding hydrogens is 382 g/mol. The van der Waals surface area contributed by atoms with Crippen molar-refractivity contribution in [2.75, 3.05) is 18.8 Å². The van der Waals surface area contributed by atoms with Crippen molar-refractivity contribution in [1.82, 2.24) is 10.2 Å². The molecule has 2 rings (SSSR count). The summed E-state index contributed by atoms with van der Waals surface area (Å²) in [6, 6.07) is 5.33. The number of nitrogens with zero attached hydrogens (tertiary/aromatic N) is 1. The molecule has 0 unspecified atom stereocenters. The molecule has 23 heavy (non-hydrogen) atoms. The number of benzene rings is 1. The Morgan fingerprint density at radius 3 is 2.43 bits per heavy atom. The summed E-state index contributed by atoms with van der Waals surface area (Å²) in [6.45, 7) is 5.20. The van der Waals surface area contributed by atoms with Gasteiger partial charge in [-0.15, -0.1) is 12.4 Å². The number of likely N-dealkylation sites (tertiary alicyclic amines) is 1. The number of hydrogen-bond acceptors (Lipinski definition) is 3. The number of amides is 2. The minimum absolute atomic E-state index is 0. The molecule has 0 saturated carbocycles. The zero-order valence-corrected chi connectivity index (χ0v) is 15.7. The maximum absolute atomic E-state index is 12.3. The fourth-order valence-corrected chi connectivity index (χ4v) is 2.99. The molecule has 1 fully saturated rings. The molecule has 2 amide bonds. The van der Waals surface area contributed by atoms with Crippen LogP contribution in [0.15, 0.2) is 22.7 Å². The van der Waals surface area contributed by atoms with Crippen molar-refractivity contribution in [3.8, 4) is 0 Å². The summed E-state index contributed by atoms with van der Waals surface area (Å²) in [5.74, 6) is 0.0503. The lowest BCUT2D eigenvalue weighted by atomic mass is 10.0. The molecular formula is C16H23BrClN3O2. The summed E-state index contributed by atoms with van der Waals surface area (Å²) in [4.78, 5) is 26.1. The van der Waals surface area contributed by atoms with Crippen LogP contribution in [0.5, 0.6) is 0 Å². The number of piperidine rings is 1. The lowest BCUT2D eigenvalue weighted by molar-refractivity contribution is -0.135. The van der Waals surface area contributed by atoms with E-state index in [-0.39, 0.29) is 36.2 Å². The molecule has 1 aromatic carbocycles. The first-order valence-electron chi connectivity index (χ1n) is 7.53. The van der Waals surface area contributed by atoms with Crippen molar-refractivity contribution in [1.29, 1.82) is 0 Å². The van der Waals surface area contributed by atoms with Gasteiger partial charge in [0.15, 0.2) is 0 Å². The van der Waals surface area contributed by atoms with Gasteiger partial charge in [-0.05, 0) is 31.0 Å². The molecule has 0 radical (unpaired) electrons. The number of rotatable bonds is 3. The predicted molar refractivity (Wildman–Crippen MR) is 97.7 cm³/mol. The highest BCUT2D eigenvalue weighted by atomic mass is 79.9. The van der Waals surface area contributed by atoms with E-state index in [9.17, 15) is 9.59 Å². The van der Waals surface area contributed by atoms with Crippen LogP contribution in [0.1, 0.15) is 37.0 Å². The maximum Gasteiger partial charge on any atom is 0.253 e. The molecule has 1 aliphatic rings. The normalized spacial score (nSPS) is 15.2. The third-order valence-corrected chi connectivity index (χ3v) is 4.39. The number of hydrogen-bond donors (Lipinski definition) is 2. The van der Waals surface area contributed by atoms with Crippen LogP contribution in [0.3, 0.4) is 0 Å². The number of nitrogen functional groups attached to an aromatic ring is 1. The van der Waals surface area contributed by atoms with E-state index >= 15 is 0 Å². The Bertz CT molecular complexity index is 572. The zero-order chi connectivity index (χ0) is 16.3. The first-order valence-corrected chi connectivity index (χ1v) is 8.32. The molecule has 0 aromatic heterocycles. The van der Waals surface area contributed by atoms with Gasteiger partial charge in [0.25, 0.3) is 5.91 Å². The van der Waals surface area contributed by atoms with Crippen LogP contribution in [0.4, 0.5) is 5.69 Å². The van der Waals surface area contributed by atoms with Crippen molar-refractivity contribution >= 4 is 45.8 Å². The van der Waals surface area contributed by atoms with Crippen molar-refractivity contribution in [3.05, 3.63) is 28.2 Å². The average Bonchev–Trinajstić information content (AvgIpc) is 2.47. The molecule has 0 atom stereocenters. The number of carbonyl (C=O) groups excluding carboxylic acids is 2. The first-order chi connectivity index (χ1) is 10.4. The van der Waals surface area contributed by atoms with E-state index in [1.807, 2.05) is 18.7 Å². The molecule has 5 nitrogen and oxygen atoms in total. The standard InChI is InChI=1S/C16H22BrN3O2.ClH/c1-10(2)16(22)20-7-5-12(6-8-20)19-15(21)13-4-3-11(17)9-14(13)18;/h3-4,9-10,12H,5-8,18H2,1-2H3,(H,19,21);1H. The Morgan fingerprint density at radius 2 is 1.91 bits per heavy atom. The maximum atomic E-state index is 12.3. The third-order valence-electron chi connectivity index (χ3n) is 3.89. The molecule has 1 saturated heterocycles. The number of nitrogens with two attached hydrogens (primary N) is 1. The highest BCUT2D eigenvalue weighted by Crippen LogP contribution is 2.19. The van der Waals surface area contributed by atoms with Crippen LogP contribution in [-0.4, -0.2) is 35.8 Å². The second-order valence-electron chi connectivity index (χ2n) is 5.96. The Hall–Kier alpha value is -1.27.